The number of carbonyl (C=O) groups excluding carboxylic acids is 1. The van der Waals surface area contributed by atoms with Gasteiger partial charge in [0.15, 0.2) is 5.82 Å². The fourth-order valence-corrected chi connectivity index (χ4v) is 4.28. The molecule has 0 radical (unpaired) electrons. The van der Waals surface area contributed by atoms with Gasteiger partial charge in [0, 0.05) is 37.0 Å². The normalized spacial score (nSPS) is 20.7. The van der Waals surface area contributed by atoms with E-state index >= 15 is 0 Å². The third-order valence-corrected chi connectivity index (χ3v) is 6.02. The van der Waals surface area contributed by atoms with Gasteiger partial charge < -0.3 is 4.90 Å². The van der Waals surface area contributed by atoms with Crippen molar-refractivity contribution in [2.75, 3.05) is 13.1 Å². The van der Waals surface area contributed by atoms with Gasteiger partial charge in [0.1, 0.15) is 5.82 Å². The number of carbonyl (C=O) groups is 1. The highest BCUT2D eigenvalue weighted by Crippen LogP contribution is 2.50. The first kappa shape index (κ1) is 17.1. The number of nitrogens with zero attached hydrogens (tertiary/aromatic N) is 4. The minimum Gasteiger partial charge on any atom is -0.341 e. The smallest absolute Gasteiger partial charge is 0.233 e. The zero-order chi connectivity index (χ0) is 19.0. The molecule has 1 atom stereocenters. The molecular formula is C22H23N5O. The van der Waals surface area contributed by atoms with Crippen LogP contribution in [0.5, 0.6) is 0 Å². The van der Waals surface area contributed by atoms with Crippen LogP contribution in [0.3, 0.4) is 0 Å². The van der Waals surface area contributed by atoms with Crippen molar-refractivity contribution < 1.29 is 4.79 Å². The van der Waals surface area contributed by atoms with Crippen molar-refractivity contribution in [2.45, 2.75) is 37.0 Å². The van der Waals surface area contributed by atoms with Crippen LogP contribution in [0.1, 0.15) is 43.0 Å². The van der Waals surface area contributed by atoms with Gasteiger partial charge in [-0.15, -0.1) is 0 Å². The Labute approximate surface area is 164 Å². The molecule has 3 heterocycles. The second kappa shape index (κ2) is 6.86. The number of benzene rings is 1. The third-order valence-electron chi connectivity index (χ3n) is 6.02. The van der Waals surface area contributed by atoms with E-state index in [9.17, 15) is 4.79 Å². The quantitative estimate of drug-likeness (QED) is 0.761. The number of pyridine rings is 1. The van der Waals surface area contributed by atoms with Gasteiger partial charge in [-0.25, -0.2) is 4.98 Å². The maximum atomic E-state index is 13.4. The molecule has 3 aromatic rings. The Kier molecular flexibility index (Phi) is 4.19. The Bertz CT molecular complexity index is 965. The summed E-state index contributed by atoms with van der Waals surface area (Å²) in [6, 6.07) is 14.0. The van der Waals surface area contributed by atoms with Gasteiger partial charge in [-0.05, 0) is 43.4 Å². The van der Waals surface area contributed by atoms with E-state index in [2.05, 4.69) is 27.3 Å². The standard InChI is InChI=1S/C22H23N5O/c28-21(22(10-11-22)18-6-2-1-3-7-18)27-14-4-5-17(15-27)20-24-19(25-26-20)16-8-12-23-13-9-16/h1-3,6-9,12-13,17H,4-5,10-11,14-15H2,(H,24,25,26). The highest BCUT2D eigenvalue weighted by molar-refractivity contribution is 5.91. The highest BCUT2D eigenvalue weighted by Gasteiger charge is 2.53. The number of likely N-dealkylation sites (tertiary alicyclic amines) is 1. The Morgan fingerprint density at radius 1 is 1.11 bits per heavy atom. The number of amides is 1. The molecular weight excluding hydrogens is 350 g/mol. The predicted octanol–water partition coefficient (Wildman–Crippen LogP) is 3.30. The van der Waals surface area contributed by atoms with Crippen LogP contribution in [-0.2, 0) is 10.2 Å². The van der Waals surface area contributed by atoms with Crippen LogP contribution < -0.4 is 0 Å². The Morgan fingerprint density at radius 2 is 1.89 bits per heavy atom. The Morgan fingerprint density at radius 3 is 2.64 bits per heavy atom. The molecule has 1 saturated carbocycles. The fraction of sp³-hybridized carbons (Fsp3) is 0.364. The molecule has 2 aromatic heterocycles. The van der Waals surface area contributed by atoms with Crippen molar-refractivity contribution >= 4 is 5.91 Å². The SMILES string of the molecule is O=C(N1CCCC(c2nc(-c3ccncc3)n[nH]2)C1)C1(c2ccccc2)CC1. The Hall–Kier alpha value is -3.02. The highest BCUT2D eigenvalue weighted by atomic mass is 16.2. The number of hydrogen-bond acceptors (Lipinski definition) is 4. The van der Waals surface area contributed by atoms with Crippen LogP contribution in [-0.4, -0.2) is 44.1 Å². The number of rotatable bonds is 4. The largest absolute Gasteiger partial charge is 0.341 e. The first-order valence-electron chi connectivity index (χ1n) is 9.94. The van der Waals surface area contributed by atoms with Gasteiger partial charge in [0.25, 0.3) is 0 Å². The molecule has 1 saturated heterocycles. The molecule has 6 heteroatoms. The van der Waals surface area contributed by atoms with E-state index in [1.807, 2.05) is 35.2 Å². The van der Waals surface area contributed by atoms with Gasteiger partial charge in [-0.2, -0.15) is 5.10 Å². The van der Waals surface area contributed by atoms with Crippen molar-refractivity contribution in [1.29, 1.82) is 0 Å². The van der Waals surface area contributed by atoms with E-state index < -0.39 is 0 Å². The molecule has 2 fully saturated rings. The molecule has 142 valence electrons. The summed E-state index contributed by atoms with van der Waals surface area (Å²) in [6.07, 6.45) is 7.40. The zero-order valence-electron chi connectivity index (χ0n) is 15.7. The van der Waals surface area contributed by atoms with Crippen LogP contribution in [0.2, 0.25) is 0 Å². The van der Waals surface area contributed by atoms with Gasteiger partial charge in [0.05, 0.1) is 5.41 Å². The molecule has 6 nitrogen and oxygen atoms in total. The number of aromatic amines is 1. The molecule has 2 aliphatic rings. The van der Waals surface area contributed by atoms with Crippen molar-refractivity contribution in [2.24, 2.45) is 0 Å². The predicted molar refractivity (Wildman–Crippen MR) is 106 cm³/mol. The second-order valence-corrected chi connectivity index (χ2v) is 7.82. The van der Waals surface area contributed by atoms with Gasteiger partial charge in [-0.3, -0.25) is 14.9 Å². The minimum atomic E-state index is -0.299. The zero-order valence-corrected chi connectivity index (χ0v) is 15.7. The summed E-state index contributed by atoms with van der Waals surface area (Å²) in [7, 11) is 0. The van der Waals surface area contributed by atoms with Crippen molar-refractivity contribution in [3.05, 3.63) is 66.2 Å². The summed E-state index contributed by atoms with van der Waals surface area (Å²) in [4.78, 5) is 24.1. The lowest BCUT2D eigenvalue weighted by Gasteiger charge is -2.34. The van der Waals surface area contributed by atoms with Gasteiger partial charge >= 0.3 is 0 Å². The minimum absolute atomic E-state index is 0.201. The third kappa shape index (κ3) is 2.99. The number of piperidine rings is 1. The monoisotopic (exact) mass is 373 g/mol. The molecule has 0 bridgehead atoms. The molecule has 1 aromatic carbocycles. The maximum absolute atomic E-state index is 13.4. The molecule has 28 heavy (non-hydrogen) atoms. The van der Waals surface area contributed by atoms with Crippen LogP contribution >= 0.6 is 0 Å². The van der Waals surface area contributed by atoms with E-state index in [-0.39, 0.29) is 17.2 Å². The van der Waals surface area contributed by atoms with Crippen molar-refractivity contribution in [1.82, 2.24) is 25.1 Å². The van der Waals surface area contributed by atoms with Gasteiger partial charge in [0.2, 0.25) is 5.91 Å². The lowest BCUT2D eigenvalue weighted by atomic mass is 9.91. The fourth-order valence-electron chi connectivity index (χ4n) is 4.28. The number of aromatic nitrogens is 4. The molecule has 1 unspecified atom stereocenters. The maximum Gasteiger partial charge on any atom is 0.233 e. The van der Waals surface area contributed by atoms with Crippen LogP contribution in [0.15, 0.2) is 54.9 Å². The lowest BCUT2D eigenvalue weighted by molar-refractivity contribution is -0.135. The average molecular weight is 373 g/mol. The van der Waals surface area contributed by atoms with E-state index in [0.717, 1.165) is 49.2 Å². The summed E-state index contributed by atoms with van der Waals surface area (Å²) >= 11 is 0. The van der Waals surface area contributed by atoms with Crippen LogP contribution in [0.25, 0.3) is 11.4 Å². The summed E-state index contributed by atoms with van der Waals surface area (Å²) in [6.45, 7) is 1.54. The van der Waals surface area contributed by atoms with E-state index in [1.54, 1.807) is 12.4 Å². The van der Waals surface area contributed by atoms with Gasteiger partial charge in [-0.1, -0.05) is 30.3 Å². The topological polar surface area (TPSA) is 74.8 Å². The number of nitrogens with one attached hydrogen (secondary N) is 1. The molecule has 5 rings (SSSR count). The summed E-state index contributed by atoms with van der Waals surface area (Å²) < 4.78 is 0. The second-order valence-electron chi connectivity index (χ2n) is 7.82. The van der Waals surface area contributed by atoms with E-state index in [4.69, 9.17) is 4.98 Å². The first-order valence-corrected chi connectivity index (χ1v) is 9.94. The molecule has 1 aliphatic carbocycles. The Balaban J connectivity index is 1.33. The van der Waals surface area contributed by atoms with E-state index in [0.29, 0.717) is 12.4 Å². The molecule has 1 amide bonds. The van der Waals surface area contributed by atoms with Crippen LogP contribution in [0.4, 0.5) is 0 Å². The molecule has 1 aliphatic heterocycles. The first-order chi connectivity index (χ1) is 13.8. The lowest BCUT2D eigenvalue weighted by Crippen LogP contribution is -2.44. The summed E-state index contributed by atoms with van der Waals surface area (Å²) in [5, 5.41) is 7.47. The summed E-state index contributed by atoms with van der Waals surface area (Å²) in [5.41, 5.74) is 1.80. The molecule has 0 spiro atoms. The average Bonchev–Trinajstić information content (AvgIpc) is 3.44. The van der Waals surface area contributed by atoms with Crippen molar-refractivity contribution in [3.63, 3.8) is 0 Å². The molecule has 1 N–H and O–H groups in total. The van der Waals surface area contributed by atoms with Crippen LogP contribution in [0, 0.1) is 0 Å². The van der Waals surface area contributed by atoms with E-state index in [1.165, 1.54) is 0 Å². The summed E-state index contributed by atoms with van der Waals surface area (Å²) in [5.74, 6) is 2.03. The van der Waals surface area contributed by atoms with Crippen molar-refractivity contribution in [3.8, 4) is 11.4 Å². The number of hydrogen-bond donors (Lipinski definition) is 1. The number of H-pyrrole nitrogens is 1.